The van der Waals surface area contributed by atoms with Crippen LogP contribution in [0, 0.1) is 23.7 Å². The highest BCUT2D eigenvalue weighted by Gasteiger charge is 2.38. The summed E-state index contributed by atoms with van der Waals surface area (Å²) in [6.45, 7) is 11.9. The zero-order valence-corrected chi connectivity index (χ0v) is 15.4. The Labute approximate surface area is 142 Å². The number of fused-ring (bicyclic) bond motifs is 1. The third-order valence-electron chi connectivity index (χ3n) is 6.44. The number of benzene rings is 1. The normalized spacial score (nSPS) is 34.7. The Morgan fingerprint density at radius 1 is 1.13 bits per heavy atom. The first-order chi connectivity index (χ1) is 11.0. The van der Waals surface area contributed by atoms with Gasteiger partial charge >= 0.3 is 0 Å². The van der Waals surface area contributed by atoms with Crippen molar-refractivity contribution >= 4 is 0 Å². The molecule has 1 aromatic rings. The van der Waals surface area contributed by atoms with Crippen molar-refractivity contribution in [1.82, 2.24) is 0 Å². The van der Waals surface area contributed by atoms with E-state index in [4.69, 9.17) is 0 Å². The van der Waals surface area contributed by atoms with E-state index in [1.807, 2.05) is 0 Å². The van der Waals surface area contributed by atoms with E-state index in [1.54, 1.807) is 11.1 Å². The summed E-state index contributed by atoms with van der Waals surface area (Å²) in [4.78, 5) is 0. The van der Waals surface area contributed by atoms with Crippen molar-refractivity contribution in [3.05, 3.63) is 59.2 Å². The fourth-order valence-corrected chi connectivity index (χ4v) is 5.04. The van der Waals surface area contributed by atoms with E-state index in [1.165, 1.54) is 18.4 Å². The van der Waals surface area contributed by atoms with Gasteiger partial charge in [-0.3, -0.25) is 0 Å². The Bertz CT molecular complexity index is 606. The molecule has 0 N–H and O–H groups in total. The molecular formula is C23H32. The standard InChI is InChI=1S/C23H32/c1-6-16(3)23-18(5)14-22(19-9-7-8-10-20(19)23)21-13-15(2)11-12-17(21)4/h7-13,16-18,21-23H,6,14H2,1-5H3. The van der Waals surface area contributed by atoms with Crippen LogP contribution in [-0.2, 0) is 0 Å². The molecule has 0 amide bonds. The number of hydrogen-bond donors (Lipinski definition) is 0. The quantitative estimate of drug-likeness (QED) is 0.582. The summed E-state index contributed by atoms with van der Waals surface area (Å²) in [5, 5.41) is 0. The predicted octanol–water partition coefficient (Wildman–Crippen LogP) is 6.71. The smallest absolute Gasteiger partial charge is 0.00877 e. The third-order valence-corrected chi connectivity index (χ3v) is 6.44. The molecule has 0 heterocycles. The van der Waals surface area contributed by atoms with E-state index in [-0.39, 0.29) is 0 Å². The summed E-state index contributed by atoms with van der Waals surface area (Å²) in [6, 6.07) is 9.31. The first kappa shape index (κ1) is 16.6. The maximum atomic E-state index is 2.53. The Morgan fingerprint density at radius 3 is 2.52 bits per heavy atom. The van der Waals surface area contributed by atoms with Gasteiger partial charge in [-0.25, -0.2) is 0 Å². The van der Waals surface area contributed by atoms with Crippen LogP contribution in [0.3, 0.4) is 0 Å². The van der Waals surface area contributed by atoms with Gasteiger partial charge in [0.2, 0.25) is 0 Å². The molecule has 6 atom stereocenters. The van der Waals surface area contributed by atoms with Crippen molar-refractivity contribution in [2.24, 2.45) is 23.7 Å². The number of hydrogen-bond acceptors (Lipinski definition) is 0. The minimum absolute atomic E-state index is 0.643. The molecule has 0 radical (unpaired) electrons. The van der Waals surface area contributed by atoms with Crippen molar-refractivity contribution in [1.29, 1.82) is 0 Å². The fourth-order valence-electron chi connectivity index (χ4n) is 5.04. The van der Waals surface area contributed by atoms with Gasteiger partial charge in [-0.2, -0.15) is 0 Å². The molecule has 0 bridgehead atoms. The number of allylic oxidation sites excluding steroid dienone is 4. The van der Waals surface area contributed by atoms with Crippen LogP contribution in [0.5, 0.6) is 0 Å². The highest BCUT2D eigenvalue weighted by molar-refractivity contribution is 5.39. The molecule has 0 saturated heterocycles. The zero-order chi connectivity index (χ0) is 16.6. The van der Waals surface area contributed by atoms with Gasteiger partial charge < -0.3 is 0 Å². The van der Waals surface area contributed by atoms with Crippen LogP contribution < -0.4 is 0 Å². The zero-order valence-electron chi connectivity index (χ0n) is 15.4. The van der Waals surface area contributed by atoms with Crippen molar-refractivity contribution in [2.45, 2.75) is 59.3 Å². The monoisotopic (exact) mass is 308 g/mol. The summed E-state index contributed by atoms with van der Waals surface area (Å²) in [5.41, 5.74) is 4.70. The summed E-state index contributed by atoms with van der Waals surface area (Å²) >= 11 is 0. The average Bonchev–Trinajstić information content (AvgIpc) is 2.56. The van der Waals surface area contributed by atoms with Gasteiger partial charge in [0.15, 0.2) is 0 Å². The molecular weight excluding hydrogens is 276 g/mol. The van der Waals surface area contributed by atoms with Crippen molar-refractivity contribution in [2.75, 3.05) is 0 Å². The van der Waals surface area contributed by atoms with Gasteiger partial charge in [-0.05, 0) is 60.0 Å². The molecule has 6 unspecified atom stereocenters. The van der Waals surface area contributed by atoms with Gasteiger partial charge in [0.1, 0.15) is 0 Å². The van der Waals surface area contributed by atoms with Crippen molar-refractivity contribution < 1.29 is 0 Å². The van der Waals surface area contributed by atoms with E-state index in [2.05, 4.69) is 77.1 Å². The minimum Gasteiger partial charge on any atom is -0.0808 e. The number of rotatable bonds is 3. The molecule has 0 aliphatic heterocycles. The Hall–Kier alpha value is -1.30. The van der Waals surface area contributed by atoms with Crippen LogP contribution in [0.1, 0.15) is 70.4 Å². The van der Waals surface area contributed by atoms with E-state index < -0.39 is 0 Å². The molecule has 124 valence electrons. The van der Waals surface area contributed by atoms with Crippen LogP contribution in [0.4, 0.5) is 0 Å². The molecule has 3 rings (SSSR count). The van der Waals surface area contributed by atoms with E-state index >= 15 is 0 Å². The van der Waals surface area contributed by atoms with Crippen molar-refractivity contribution in [3.8, 4) is 0 Å². The molecule has 0 fully saturated rings. The van der Waals surface area contributed by atoms with Crippen molar-refractivity contribution in [3.63, 3.8) is 0 Å². The highest BCUT2D eigenvalue weighted by atomic mass is 14.4. The Balaban J connectivity index is 2.02. The topological polar surface area (TPSA) is 0 Å². The van der Waals surface area contributed by atoms with E-state index in [0.717, 1.165) is 17.8 Å². The third kappa shape index (κ3) is 3.05. The molecule has 2 aliphatic rings. The van der Waals surface area contributed by atoms with E-state index in [9.17, 15) is 0 Å². The lowest BCUT2D eigenvalue weighted by atomic mass is 9.61. The highest BCUT2D eigenvalue weighted by Crippen LogP contribution is 2.51. The largest absolute Gasteiger partial charge is 0.0808 e. The van der Waals surface area contributed by atoms with Crippen LogP contribution >= 0.6 is 0 Å². The first-order valence-corrected chi connectivity index (χ1v) is 9.48. The van der Waals surface area contributed by atoms with Gasteiger partial charge in [0, 0.05) is 0 Å². The predicted molar refractivity (Wildman–Crippen MR) is 101 cm³/mol. The van der Waals surface area contributed by atoms with E-state index in [0.29, 0.717) is 17.8 Å². The van der Waals surface area contributed by atoms with Gasteiger partial charge in [0.05, 0.1) is 0 Å². The summed E-state index contributed by atoms with van der Waals surface area (Å²) in [6.07, 6.45) is 9.84. The van der Waals surface area contributed by atoms with Crippen LogP contribution in [-0.4, -0.2) is 0 Å². The molecule has 23 heavy (non-hydrogen) atoms. The molecule has 0 heteroatoms. The average molecular weight is 309 g/mol. The lowest BCUT2D eigenvalue weighted by molar-refractivity contribution is 0.248. The molecule has 0 nitrogen and oxygen atoms in total. The van der Waals surface area contributed by atoms with Crippen LogP contribution in [0.25, 0.3) is 0 Å². The lowest BCUT2D eigenvalue weighted by Gasteiger charge is -2.43. The minimum atomic E-state index is 0.643. The Kier molecular flexibility index (Phi) is 4.80. The second kappa shape index (κ2) is 6.67. The molecule has 0 spiro atoms. The molecule has 0 saturated carbocycles. The second-order valence-corrected chi connectivity index (χ2v) is 8.07. The van der Waals surface area contributed by atoms with Gasteiger partial charge in [0.25, 0.3) is 0 Å². The first-order valence-electron chi connectivity index (χ1n) is 9.48. The summed E-state index contributed by atoms with van der Waals surface area (Å²) < 4.78 is 0. The maximum Gasteiger partial charge on any atom is -0.00877 e. The second-order valence-electron chi connectivity index (χ2n) is 8.07. The molecule has 0 aromatic heterocycles. The van der Waals surface area contributed by atoms with Gasteiger partial charge in [-0.15, -0.1) is 0 Å². The molecule has 2 aliphatic carbocycles. The summed E-state index contributed by atoms with van der Waals surface area (Å²) in [7, 11) is 0. The fraction of sp³-hybridized carbons (Fsp3) is 0.565. The lowest BCUT2D eigenvalue weighted by Crippen LogP contribution is -2.31. The summed E-state index contributed by atoms with van der Waals surface area (Å²) in [5.74, 6) is 4.25. The van der Waals surface area contributed by atoms with Crippen LogP contribution in [0.15, 0.2) is 48.1 Å². The maximum absolute atomic E-state index is 2.53. The Morgan fingerprint density at radius 2 is 1.83 bits per heavy atom. The SMILES string of the molecule is CCC(C)C1c2ccccc2C(C2C=C(C)C=CC2C)CC1C. The van der Waals surface area contributed by atoms with Crippen LogP contribution in [0.2, 0.25) is 0 Å². The molecule has 1 aromatic carbocycles. The van der Waals surface area contributed by atoms with Gasteiger partial charge in [-0.1, -0.05) is 82.2 Å².